The van der Waals surface area contributed by atoms with Crippen molar-refractivity contribution in [2.75, 3.05) is 11.9 Å². The summed E-state index contributed by atoms with van der Waals surface area (Å²) in [4.78, 5) is 48.7. The van der Waals surface area contributed by atoms with Gasteiger partial charge in [-0.1, -0.05) is 18.2 Å². The molecule has 5 rings (SSSR count). The van der Waals surface area contributed by atoms with E-state index in [4.69, 9.17) is 0 Å². The fraction of sp³-hybridized carbons (Fsp3) is 0.259. The molecular formula is C27H26N6O3. The van der Waals surface area contributed by atoms with Crippen LogP contribution in [0.3, 0.4) is 0 Å². The Morgan fingerprint density at radius 3 is 2.69 bits per heavy atom. The van der Waals surface area contributed by atoms with Crippen LogP contribution in [0, 0.1) is 6.92 Å². The van der Waals surface area contributed by atoms with Crippen molar-refractivity contribution >= 4 is 34.3 Å². The fourth-order valence-corrected chi connectivity index (χ4v) is 4.65. The molecule has 9 heteroatoms. The summed E-state index contributed by atoms with van der Waals surface area (Å²) in [6, 6.07) is 14.3. The highest BCUT2D eigenvalue weighted by molar-refractivity contribution is 6.06. The number of carbonyl (C=O) groups is 3. The number of amides is 2. The van der Waals surface area contributed by atoms with Gasteiger partial charge in [-0.25, -0.2) is 4.98 Å². The van der Waals surface area contributed by atoms with Gasteiger partial charge in [0.05, 0.1) is 5.52 Å². The van der Waals surface area contributed by atoms with Crippen molar-refractivity contribution in [1.82, 2.24) is 24.6 Å². The molecule has 1 aliphatic heterocycles. The number of aromatic nitrogens is 4. The van der Waals surface area contributed by atoms with Gasteiger partial charge < -0.3 is 10.2 Å². The minimum absolute atomic E-state index is 0.0670. The number of nitrogens with zero attached hydrogens (tertiary/aromatic N) is 5. The van der Waals surface area contributed by atoms with Crippen LogP contribution >= 0.6 is 0 Å². The number of aryl methyl sites for hydroxylation is 1. The molecule has 1 unspecified atom stereocenters. The molecule has 182 valence electrons. The third-order valence-electron chi connectivity index (χ3n) is 6.38. The Morgan fingerprint density at radius 2 is 1.94 bits per heavy atom. The first-order valence-corrected chi connectivity index (χ1v) is 11.9. The quantitative estimate of drug-likeness (QED) is 0.420. The monoisotopic (exact) mass is 482 g/mol. The van der Waals surface area contributed by atoms with E-state index in [1.807, 2.05) is 49.4 Å². The summed E-state index contributed by atoms with van der Waals surface area (Å²) >= 11 is 0. The minimum Gasteiger partial charge on any atom is -0.329 e. The summed E-state index contributed by atoms with van der Waals surface area (Å²) < 4.78 is 1.55. The second kappa shape index (κ2) is 9.69. The summed E-state index contributed by atoms with van der Waals surface area (Å²) in [6.07, 6.45) is 4.78. The SMILES string of the molecule is CC(=O)c1nn(CC(=O)N2CCCC2C(=O)Nc2cccc(C)n2)c2ccc(-c3cccnc3)cc12. The van der Waals surface area contributed by atoms with Crippen molar-refractivity contribution < 1.29 is 14.4 Å². The molecule has 1 fully saturated rings. The van der Waals surface area contributed by atoms with Gasteiger partial charge in [-0.15, -0.1) is 0 Å². The first kappa shape index (κ1) is 23.3. The second-order valence-electron chi connectivity index (χ2n) is 8.93. The van der Waals surface area contributed by atoms with Gasteiger partial charge in [0.25, 0.3) is 0 Å². The number of fused-ring (bicyclic) bond motifs is 1. The first-order valence-electron chi connectivity index (χ1n) is 11.9. The van der Waals surface area contributed by atoms with Crippen molar-refractivity contribution in [3.05, 3.63) is 72.3 Å². The van der Waals surface area contributed by atoms with Gasteiger partial charge in [-0.3, -0.25) is 24.0 Å². The largest absolute Gasteiger partial charge is 0.329 e. The van der Waals surface area contributed by atoms with Crippen molar-refractivity contribution in [2.24, 2.45) is 0 Å². The van der Waals surface area contributed by atoms with Crippen molar-refractivity contribution in [2.45, 2.75) is 39.3 Å². The molecule has 4 heterocycles. The predicted molar refractivity (Wildman–Crippen MR) is 135 cm³/mol. The number of anilines is 1. The van der Waals surface area contributed by atoms with Gasteiger partial charge in [-0.05, 0) is 55.7 Å². The molecular weight excluding hydrogens is 456 g/mol. The Kier molecular flexibility index (Phi) is 6.28. The number of hydrogen-bond donors (Lipinski definition) is 1. The molecule has 0 radical (unpaired) electrons. The molecule has 9 nitrogen and oxygen atoms in total. The lowest BCUT2D eigenvalue weighted by atomic mass is 10.0. The van der Waals surface area contributed by atoms with Crippen molar-refractivity contribution in [1.29, 1.82) is 0 Å². The standard InChI is InChI=1S/C27H26N6O3/c1-17-6-3-9-24(29-17)30-27(36)23-8-5-13-32(23)25(35)16-33-22-11-10-19(20-7-4-12-28-15-20)14-21(22)26(31-33)18(2)34/h3-4,6-7,9-12,14-15,23H,5,8,13,16H2,1-2H3,(H,29,30,36). The number of carbonyl (C=O) groups excluding carboxylic acids is 3. The van der Waals surface area contributed by atoms with Crippen LogP contribution in [0.4, 0.5) is 5.82 Å². The van der Waals surface area contributed by atoms with E-state index in [2.05, 4.69) is 20.4 Å². The molecule has 2 amide bonds. The maximum atomic E-state index is 13.3. The minimum atomic E-state index is -0.578. The van der Waals surface area contributed by atoms with Crippen molar-refractivity contribution in [3.63, 3.8) is 0 Å². The van der Waals surface area contributed by atoms with E-state index in [0.717, 1.165) is 23.2 Å². The zero-order valence-electron chi connectivity index (χ0n) is 20.1. The first-order chi connectivity index (χ1) is 17.4. The molecule has 1 saturated heterocycles. The van der Waals surface area contributed by atoms with E-state index >= 15 is 0 Å². The topological polar surface area (TPSA) is 110 Å². The number of benzene rings is 1. The molecule has 1 aliphatic rings. The Bertz CT molecular complexity index is 1460. The van der Waals surface area contributed by atoms with Crippen LogP contribution in [0.5, 0.6) is 0 Å². The Balaban J connectivity index is 1.39. The van der Waals surface area contributed by atoms with Crippen LogP contribution in [-0.4, -0.2) is 54.8 Å². The molecule has 36 heavy (non-hydrogen) atoms. The van der Waals surface area contributed by atoms with Gasteiger partial charge in [0.15, 0.2) is 5.78 Å². The molecule has 0 saturated carbocycles. The van der Waals surface area contributed by atoms with E-state index in [9.17, 15) is 14.4 Å². The summed E-state index contributed by atoms with van der Waals surface area (Å²) in [6.45, 7) is 3.74. The van der Waals surface area contributed by atoms with Crippen molar-refractivity contribution in [3.8, 4) is 11.1 Å². The van der Waals surface area contributed by atoms with Gasteiger partial charge in [0.1, 0.15) is 24.1 Å². The highest BCUT2D eigenvalue weighted by Crippen LogP contribution is 2.27. The van der Waals surface area contributed by atoms with Crippen LogP contribution in [-0.2, 0) is 16.1 Å². The number of nitrogens with one attached hydrogen (secondary N) is 1. The highest BCUT2D eigenvalue weighted by atomic mass is 16.2. The zero-order chi connectivity index (χ0) is 25.2. The fourth-order valence-electron chi connectivity index (χ4n) is 4.65. The van der Waals surface area contributed by atoms with Gasteiger partial charge in [0, 0.05) is 42.5 Å². The lowest BCUT2D eigenvalue weighted by Crippen LogP contribution is -2.44. The molecule has 1 atom stereocenters. The number of Topliss-reactive ketones (excluding diaryl/α,β-unsaturated/α-hetero) is 1. The summed E-state index contributed by atoms with van der Waals surface area (Å²) in [5.74, 6) is -0.193. The average molecular weight is 483 g/mol. The number of likely N-dealkylation sites (tertiary alicyclic amines) is 1. The maximum Gasteiger partial charge on any atom is 0.248 e. The van der Waals surface area contributed by atoms with Crippen LogP contribution in [0.1, 0.15) is 35.9 Å². The second-order valence-corrected chi connectivity index (χ2v) is 8.93. The molecule has 4 aromatic rings. The summed E-state index contributed by atoms with van der Waals surface area (Å²) in [5, 5.41) is 7.98. The third kappa shape index (κ3) is 4.59. The number of ketones is 1. The number of hydrogen-bond acceptors (Lipinski definition) is 6. The third-order valence-corrected chi connectivity index (χ3v) is 6.38. The molecule has 1 aromatic carbocycles. The smallest absolute Gasteiger partial charge is 0.248 e. The molecule has 0 aliphatic carbocycles. The van der Waals surface area contributed by atoms with E-state index < -0.39 is 6.04 Å². The predicted octanol–water partition coefficient (Wildman–Crippen LogP) is 3.63. The van der Waals surface area contributed by atoms with Gasteiger partial charge in [0.2, 0.25) is 11.8 Å². The average Bonchev–Trinajstić information content (AvgIpc) is 3.50. The Hall–Kier alpha value is -4.40. The Labute approximate surface area is 208 Å². The van der Waals surface area contributed by atoms with Crippen LogP contribution in [0.2, 0.25) is 0 Å². The summed E-state index contributed by atoms with van der Waals surface area (Å²) in [5.41, 5.74) is 3.62. The normalized spacial score (nSPS) is 15.3. The van der Waals surface area contributed by atoms with Crippen LogP contribution in [0.15, 0.2) is 60.9 Å². The molecule has 3 aromatic heterocycles. The lowest BCUT2D eigenvalue weighted by Gasteiger charge is -2.24. The van der Waals surface area contributed by atoms with E-state index in [1.54, 1.807) is 28.0 Å². The van der Waals surface area contributed by atoms with Gasteiger partial charge >= 0.3 is 0 Å². The number of rotatable bonds is 6. The highest BCUT2D eigenvalue weighted by Gasteiger charge is 2.34. The van der Waals surface area contributed by atoms with Crippen LogP contribution in [0.25, 0.3) is 22.0 Å². The van der Waals surface area contributed by atoms with E-state index in [1.165, 1.54) is 6.92 Å². The summed E-state index contributed by atoms with van der Waals surface area (Å²) in [7, 11) is 0. The zero-order valence-corrected chi connectivity index (χ0v) is 20.1. The van der Waals surface area contributed by atoms with E-state index in [-0.39, 0.29) is 24.1 Å². The Morgan fingerprint density at radius 1 is 1.08 bits per heavy atom. The maximum absolute atomic E-state index is 13.3. The van der Waals surface area contributed by atoms with Crippen LogP contribution < -0.4 is 5.32 Å². The molecule has 0 bridgehead atoms. The molecule has 1 N–H and O–H groups in total. The van der Waals surface area contributed by atoms with E-state index in [0.29, 0.717) is 35.4 Å². The van der Waals surface area contributed by atoms with Gasteiger partial charge in [-0.2, -0.15) is 5.10 Å². The molecule has 0 spiro atoms. The number of pyridine rings is 2. The lowest BCUT2D eigenvalue weighted by molar-refractivity contribution is -0.137.